The van der Waals surface area contributed by atoms with Crippen molar-refractivity contribution in [1.29, 1.82) is 0 Å². The molecule has 1 aromatic carbocycles. The minimum atomic E-state index is -0.321. The molecule has 21 heavy (non-hydrogen) atoms. The minimum Gasteiger partial charge on any atom is -0.396 e. The largest absolute Gasteiger partial charge is 0.396 e. The Morgan fingerprint density at radius 3 is 2.95 bits per heavy atom. The quantitative estimate of drug-likeness (QED) is 0.749. The number of fused-ring (bicyclic) bond motifs is 5. The number of aliphatic hydroxyl groups is 2. The summed E-state index contributed by atoms with van der Waals surface area (Å²) in [6.45, 7) is 1.88. The van der Waals surface area contributed by atoms with Gasteiger partial charge in [-0.15, -0.1) is 0 Å². The maximum atomic E-state index is 10.2. The molecule has 0 aliphatic carbocycles. The molecule has 0 unspecified atom stereocenters. The van der Waals surface area contributed by atoms with E-state index in [4.69, 9.17) is 0 Å². The highest BCUT2D eigenvalue weighted by Crippen LogP contribution is 2.40. The van der Waals surface area contributed by atoms with Gasteiger partial charge in [0.05, 0.1) is 12.1 Å². The molecule has 2 aliphatic heterocycles. The number of aromatic nitrogens is 1. The van der Waals surface area contributed by atoms with Crippen molar-refractivity contribution in [2.45, 2.75) is 31.4 Å². The van der Waals surface area contributed by atoms with Crippen LogP contribution >= 0.6 is 0 Å². The van der Waals surface area contributed by atoms with E-state index in [0.29, 0.717) is 12.5 Å². The van der Waals surface area contributed by atoms with Crippen LogP contribution in [0.3, 0.4) is 0 Å². The molecule has 0 saturated carbocycles. The van der Waals surface area contributed by atoms with E-state index in [1.54, 1.807) is 0 Å². The molecule has 0 radical (unpaired) electrons. The number of para-hydroxylation sites is 1. The van der Waals surface area contributed by atoms with Gasteiger partial charge in [-0.05, 0) is 36.8 Å². The molecular formula is C17H22N2O2. The zero-order valence-corrected chi connectivity index (χ0v) is 12.1. The van der Waals surface area contributed by atoms with Crippen molar-refractivity contribution in [2.75, 3.05) is 19.7 Å². The molecule has 1 aromatic heterocycles. The van der Waals surface area contributed by atoms with E-state index in [2.05, 4.69) is 34.1 Å². The van der Waals surface area contributed by atoms with E-state index in [1.165, 1.54) is 22.2 Å². The van der Waals surface area contributed by atoms with Crippen molar-refractivity contribution in [2.24, 2.45) is 5.92 Å². The van der Waals surface area contributed by atoms with Crippen molar-refractivity contribution >= 4 is 10.9 Å². The van der Waals surface area contributed by atoms with Gasteiger partial charge >= 0.3 is 0 Å². The monoisotopic (exact) mass is 286 g/mol. The van der Waals surface area contributed by atoms with Gasteiger partial charge in [0.25, 0.3) is 0 Å². The second-order valence-corrected chi connectivity index (χ2v) is 6.50. The molecule has 4 heteroatoms. The zero-order valence-electron chi connectivity index (χ0n) is 12.1. The lowest BCUT2D eigenvalue weighted by atomic mass is 9.91. The summed E-state index contributed by atoms with van der Waals surface area (Å²) in [5.41, 5.74) is 3.93. The summed E-state index contributed by atoms with van der Waals surface area (Å²) in [4.78, 5) is 5.98. The number of nitrogens with zero attached hydrogens (tertiary/aromatic N) is 1. The third-order valence-corrected chi connectivity index (χ3v) is 5.14. The third kappa shape index (κ3) is 2.18. The summed E-state index contributed by atoms with van der Waals surface area (Å²) in [5.74, 6) is 0.187. The molecule has 3 heterocycles. The molecule has 1 fully saturated rings. The normalized spacial score (nSPS) is 29.9. The predicted octanol–water partition coefficient (Wildman–Crippen LogP) is 1.83. The number of benzene rings is 1. The third-order valence-electron chi connectivity index (χ3n) is 5.14. The standard InChI is InChI=1S/C17H22N2O2/c20-10-11-7-12(21)9-19-6-5-14-13-3-1-2-4-15(13)18-17(14)16(19)8-11/h1-4,11-12,16,18,20-21H,5-10H2/t11-,12+,16-/m1/s1. The smallest absolute Gasteiger partial charge is 0.0670 e. The summed E-state index contributed by atoms with van der Waals surface area (Å²) in [7, 11) is 0. The lowest BCUT2D eigenvalue weighted by Gasteiger charge is -2.35. The average molecular weight is 286 g/mol. The Balaban J connectivity index is 1.78. The highest BCUT2D eigenvalue weighted by molar-refractivity contribution is 5.85. The Morgan fingerprint density at radius 2 is 2.10 bits per heavy atom. The van der Waals surface area contributed by atoms with Crippen LogP contribution in [0.5, 0.6) is 0 Å². The molecule has 4 nitrogen and oxygen atoms in total. The SMILES string of the molecule is OC[C@@H]1C[C@H](O)CN2CCc3c([nH]c4ccccc34)[C@H]2C1. The second-order valence-electron chi connectivity index (χ2n) is 6.50. The summed E-state index contributed by atoms with van der Waals surface area (Å²) in [6.07, 6.45) is 2.34. The number of aliphatic hydroxyl groups excluding tert-OH is 2. The van der Waals surface area contributed by atoms with Crippen LogP contribution in [-0.4, -0.2) is 45.9 Å². The van der Waals surface area contributed by atoms with Crippen molar-refractivity contribution in [3.8, 4) is 0 Å². The van der Waals surface area contributed by atoms with Gasteiger partial charge in [-0.25, -0.2) is 0 Å². The fourth-order valence-electron chi connectivity index (χ4n) is 4.14. The van der Waals surface area contributed by atoms with E-state index >= 15 is 0 Å². The van der Waals surface area contributed by atoms with Gasteiger partial charge in [-0.2, -0.15) is 0 Å². The topological polar surface area (TPSA) is 59.5 Å². The maximum absolute atomic E-state index is 10.2. The Hall–Kier alpha value is -1.36. The highest BCUT2D eigenvalue weighted by atomic mass is 16.3. The summed E-state index contributed by atoms with van der Waals surface area (Å²) in [6, 6.07) is 8.78. The Morgan fingerprint density at radius 1 is 1.24 bits per heavy atom. The van der Waals surface area contributed by atoms with E-state index in [0.717, 1.165) is 25.9 Å². The van der Waals surface area contributed by atoms with Gasteiger partial charge < -0.3 is 15.2 Å². The summed E-state index contributed by atoms with van der Waals surface area (Å²) in [5, 5.41) is 21.1. The van der Waals surface area contributed by atoms with Crippen LogP contribution in [0.2, 0.25) is 0 Å². The van der Waals surface area contributed by atoms with Crippen LogP contribution in [-0.2, 0) is 6.42 Å². The molecule has 2 aliphatic rings. The van der Waals surface area contributed by atoms with Crippen molar-refractivity contribution in [3.05, 3.63) is 35.5 Å². The summed E-state index contributed by atoms with van der Waals surface area (Å²) >= 11 is 0. The second kappa shape index (κ2) is 5.13. The number of nitrogens with one attached hydrogen (secondary N) is 1. The number of hydrogen-bond acceptors (Lipinski definition) is 3. The van der Waals surface area contributed by atoms with E-state index < -0.39 is 0 Å². The number of hydrogen-bond donors (Lipinski definition) is 3. The number of rotatable bonds is 1. The van der Waals surface area contributed by atoms with Gasteiger partial charge in [-0.3, -0.25) is 4.90 Å². The Kier molecular flexibility index (Phi) is 3.25. The molecule has 0 amide bonds. The Labute approximate surface area is 124 Å². The van der Waals surface area contributed by atoms with Gasteiger partial charge in [0.2, 0.25) is 0 Å². The molecule has 1 saturated heterocycles. The molecule has 3 atom stereocenters. The average Bonchev–Trinajstić information content (AvgIpc) is 2.78. The molecule has 112 valence electrons. The Bertz CT molecular complexity index is 651. The first-order valence-electron chi connectivity index (χ1n) is 7.88. The van der Waals surface area contributed by atoms with E-state index in [-0.39, 0.29) is 18.6 Å². The fraction of sp³-hybridized carbons (Fsp3) is 0.529. The first-order chi connectivity index (χ1) is 10.3. The van der Waals surface area contributed by atoms with Crippen LogP contribution in [0.25, 0.3) is 10.9 Å². The number of H-pyrrole nitrogens is 1. The van der Waals surface area contributed by atoms with Crippen molar-refractivity contribution < 1.29 is 10.2 Å². The minimum absolute atomic E-state index is 0.164. The van der Waals surface area contributed by atoms with Gasteiger partial charge in [0, 0.05) is 36.3 Å². The molecule has 3 N–H and O–H groups in total. The molecular weight excluding hydrogens is 264 g/mol. The molecule has 4 rings (SSSR count). The first kappa shape index (κ1) is 13.3. The zero-order chi connectivity index (χ0) is 14.4. The molecule has 0 spiro atoms. The first-order valence-corrected chi connectivity index (χ1v) is 7.88. The van der Waals surface area contributed by atoms with E-state index in [9.17, 15) is 10.2 Å². The molecule has 2 aromatic rings. The van der Waals surface area contributed by atoms with Crippen LogP contribution in [0.1, 0.15) is 30.1 Å². The van der Waals surface area contributed by atoms with Crippen molar-refractivity contribution in [1.82, 2.24) is 9.88 Å². The van der Waals surface area contributed by atoms with Crippen LogP contribution in [0.4, 0.5) is 0 Å². The highest BCUT2D eigenvalue weighted by Gasteiger charge is 2.36. The van der Waals surface area contributed by atoms with E-state index in [1.807, 2.05) is 0 Å². The lowest BCUT2D eigenvalue weighted by molar-refractivity contribution is 0.0920. The molecule has 0 bridgehead atoms. The van der Waals surface area contributed by atoms with Crippen molar-refractivity contribution in [3.63, 3.8) is 0 Å². The van der Waals surface area contributed by atoms with Crippen LogP contribution in [0, 0.1) is 5.92 Å². The fourth-order valence-corrected chi connectivity index (χ4v) is 4.14. The van der Waals surface area contributed by atoms with Gasteiger partial charge in [0.1, 0.15) is 0 Å². The lowest BCUT2D eigenvalue weighted by Crippen LogP contribution is -2.38. The maximum Gasteiger partial charge on any atom is 0.0670 e. The van der Waals surface area contributed by atoms with Crippen LogP contribution in [0.15, 0.2) is 24.3 Å². The van der Waals surface area contributed by atoms with Crippen LogP contribution < -0.4 is 0 Å². The van der Waals surface area contributed by atoms with Gasteiger partial charge in [-0.1, -0.05) is 18.2 Å². The number of aromatic amines is 1. The predicted molar refractivity (Wildman–Crippen MR) is 82.1 cm³/mol. The summed E-state index contributed by atoms with van der Waals surface area (Å²) < 4.78 is 0. The van der Waals surface area contributed by atoms with Gasteiger partial charge in [0.15, 0.2) is 0 Å².